The predicted molar refractivity (Wildman–Crippen MR) is 76.6 cm³/mol. The maximum absolute atomic E-state index is 12.9. The molecule has 1 heterocycles. The fraction of sp³-hybridized carbons (Fsp3) is 0.250. The minimum Gasteiger partial charge on any atom is -0.478 e. The zero-order chi connectivity index (χ0) is 17.7. The third kappa shape index (κ3) is 5.22. The van der Waals surface area contributed by atoms with E-state index >= 15 is 0 Å². The number of aromatic carboxylic acids is 1. The molecule has 1 aromatic heterocycles. The Morgan fingerprint density at radius 2 is 1.75 bits per heavy atom. The molecule has 1 aromatic carbocycles. The second kappa shape index (κ2) is 7.29. The van der Waals surface area contributed by atoms with Gasteiger partial charge in [-0.25, -0.2) is 14.2 Å². The Labute approximate surface area is 134 Å². The van der Waals surface area contributed by atoms with Crippen LogP contribution in [0.3, 0.4) is 0 Å². The van der Waals surface area contributed by atoms with E-state index in [1.54, 1.807) is 12.1 Å². The third-order valence-corrected chi connectivity index (χ3v) is 3.13. The maximum atomic E-state index is 12.9. The Bertz CT molecular complexity index is 714. The summed E-state index contributed by atoms with van der Waals surface area (Å²) in [6.07, 6.45) is -3.99. The van der Waals surface area contributed by atoms with Crippen molar-refractivity contribution in [1.29, 1.82) is 0 Å². The lowest BCUT2D eigenvalue weighted by molar-refractivity contribution is -0.154. The SMILES string of the molecule is O=C(O)c1ccc(OCC(F)(F)F)nc1CCc1ccc(F)cc1. The minimum absolute atomic E-state index is 0.103. The Kier molecular flexibility index (Phi) is 5.38. The van der Waals surface area contributed by atoms with Gasteiger partial charge in [0, 0.05) is 6.07 Å². The van der Waals surface area contributed by atoms with Gasteiger partial charge in [-0.2, -0.15) is 13.2 Å². The van der Waals surface area contributed by atoms with Gasteiger partial charge >= 0.3 is 12.1 Å². The van der Waals surface area contributed by atoms with Crippen molar-refractivity contribution in [2.24, 2.45) is 0 Å². The van der Waals surface area contributed by atoms with Crippen molar-refractivity contribution in [2.45, 2.75) is 19.0 Å². The summed E-state index contributed by atoms with van der Waals surface area (Å²) < 4.78 is 53.9. The third-order valence-electron chi connectivity index (χ3n) is 3.13. The molecular weight excluding hydrogens is 330 g/mol. The van der Waals surface area contributed by atoms with Crippen LogP contribution < -0.4 is 4.74 Å². The lowest BCUT2D eigenvalue weighted by atomic mass is 10.0. The Balaban J connectivity index is 2.15. The Hall–Kier alpha value is -2.64. The van der Waals surface area contributed by atoms with Crippen LogP contribution in [0.25, 0.3) is 0 Å². The van der Waals surface area contributed by atoms with E-state index in [-0.39, 0.29) is 23.6 Å². The number of carboxylic acids is 1. The number of ether oxygens (including phenoxy) is 1. The smallest absolute Gasteiger partial charge is 0.422 e. The van der Waals surface area contributed by atoms with Gasteiger partial charge in [-0.3, -0.25) is 0 Å². The molecule has 1 N–H and O–H groups in total. The number of rotatable bonds is 6. The number of pyridine rings is 1. The van der Waals surface area contributed by atoms with Gasteiger partial charge in [0.25, 0.3) is 0 Å². The normalized spacial score (nSPS) is 11.3. The maximum Gasteiger partial charge on any atom is 0.422 e. The first kappa shape index (κ1) is 17.7. The van der Waals surface area contributed by atoms with E-state index in [4.69, 9.17) is 5.11 Å². The van der Waals surface area contributed by atoms with Gasteiger partial charge in [0.05, 0.1) is 11.3 Å². The summed E-state index contributed by atoms with van der Waals surface area (Å²) >= 11 is 0. The molecule has 0 saturated carbocycles. The number of hydrogen-bond donors (Lipinski definition) is 1. The first-order chi connectivity index (χ1) is 11.2. The second-order valence-electron chi connectivity index (χ2n) is 4.98. The van der Waals surface area contributed by atoms with Gasteiger partial charge in [-0.1, -0.05) is 12.1 Å². The molecule has 0 bridgehead atoms. The molecule has 0 radical (unpaired) electrons. The van der Waals surface area contributed by atoms with Crippen molar-refractivity contribution >= 4 is 5.97 Å². The molecule has 0 spiro atoms. The van der Waals surface area contributed by atoms with E-state index in [1.165, 1.54) is 12.1 Å². The van der Waals surface area contributed by atoms with Gasteiger partial charge < -0.3 is 9.84 Å². The molecule has 0 aliphatic rings. The number of alkyl halides is 3. The van der Waals surface area contributed by atoms with Gasteiger partial charge in [-0.05, 0) is 36.6 Å². The monoisotopic (exact) mass is 343 g/mol. The van der Waals surface area contributed by atoms with Crippen molar-refractivity contribution in [3.8, 4) is 5.88 Å². The second-order valence-corrected chi connectivity index (χ2v) is 4.98. The number of nitrogens with zero attached hydrogens (tertiary/aromatic N) is 1. The molecule has 4 nitrogen and oxygen atoms in total. The minimum atomic E-state index is -4.51. The first-order valence-electron chi connectivity index (χ1n) is 6.92. The molecule has 0 aliphatic heterocycles. The molecule has 0 unspecified atom stereocenters. The standard InChI is InChI=1S/C16H13F4NO3/c17-11-4-1-10(2-5-11)3-7-13-12(15(22)23)6-8-14(21-13)24-9-16(18,19)20/h1-2,4-6,8H,3,7,9H2,(H,22,23). The fourth-order valence-corrected chi connectivity index (χ4v) is 2.02. The highest BCUT2D eigenvalue weighted by Gasteiger charge is 2.28. The molecule has 0 saturated heterocycles. The molecule has 24 heavy (non-hydrogen) atoms. The van der Waals surface area contributed by atoms with Gasteiger partial charge in [0.15, 0.2) is 6.61 Å². The number of carboxylic acid groups (broad SMARTS) is 1. The first-order valence-corrected chi connectivity index (χ1v) is 6.92. The summed E-state index contributed by atoms with van der Waals surface area (Å²) in [7, 11) is 0. The van der Waals surface area contributed by atoms with Crippen molar-refractivity contribution in [2.75, 3.05) is 6.61 Å². The summed E-state index contributed by atoms with van der Waals surface area (Å²) in [4.78, 5) is 15.0. The summed E-state index contributed by atoms with van der Waals surface area (Å²) in [5.74, 6) is -1.93. The van der Waals surface area contributed by atoms with E-state index in [1.807, 2.05) is 0 Å². The van der Waals surface area contributed by atoms with Crippen LogP contribution in [-0.4, -0.2) is 28.8 Å². The van der Waals surface area contributed by atoms with Crippen LogP contribution in [0.2, 0.25) is 0 Å². The average molecular weight is 343 g/mol. The van der Waals surface area contributed by atoms with Crippen LogP contribution in [0.5, 0.6) is 5.88 Å². The Morgan fingerprint density at radius 3 is 2.33 bits per heavy atom. The number of halogens is 4. The van der Waals surface area contributed by atoms with Crippen LogP contribution in [0.15, 0.2) is 36.4 Å². The average Bonchev–Trinajstić information content (AvgIpc) is 2.51. The summed E-state index contributed by atoms with van der Waals surface area (Å²) in [5, 5.41) is 9.14. The molecule has 0 amide bonds. The number of carbonyl (C=O) groups is 1. The molecule has 0 fully saturated rings. The highest BCUT2D eigenvalue weighted by molar-refractivity contribution is 5.88. The quantitative estimate of drug-likeness (QED) is 0.814. The van der Waals surface area contributed by atoms with Gasteiger partial charge in [-0.15, -0.1) is 0 Å². The van der Waals surface area contributed by atoms with E-state index < -0.39 is 24.6 Å². The zero-order valence-corrected chi connectivity index (χ0v) is 12.3. The molecule has 8 heteroatoms. The Morgan fingerprint density at radius 1 is 1.08 bits per heavy atom. The summed E-state index contributed by atoms with van der Waals surface area (Å²) in [6.45, 7) is -1.51. The molecule has 2 aromatic rings. The fourth-order valence-electron chi connectivity index (χ4n) is 2.02. The van der Waals surface area contributed by atoms with E-state index in [0.29, 0.717) is 6.42 Å². The summed E-state index contributed by atoms with van der Waals surface area (Å²) in [5.41, 5.74) is 0.735. The van der Waals surface area contributed by atoms with Crippen LogP contribution >= 0.6 is 0 Å². The number of benzene rings is 1. The van der Waals surface area contributed by atoms with Crippen LogP contribution in [0, 0.1) is 5.82 Å². The lowest BCUT2D eigenvalue weighted by Gasteiger charge is -2.11. The number of aryl methyl sites for hydroxylation is 2. The van der Waals surface area contributed by atoms with Crippen LogP contribution in [0.1, 0.15) is 21.6 Å². The van der Waals surface area contributed by atoms with E-state index in [2.05, 4.69) is 9.72 Å². The van der Waals surface area contributed by atoms with E-state index in [0.717, 1.165) is 17.7 Å². The summed E-state index contributed by atoms with van der Waals surface area (Å²) in [6, 6.07) is 7.85. The molecule has 2 rings (SSSR count). The molecule has 0 aliphatic carbocycles. The van der Waals surface area contributed by atoms with Crippen LogP contribution in [0.4, 0.5) is 17.6 Å². The topological polar surface area (TPSA) is 59.4 Å². The molecule has 0 atom stereocenters. The van der Waals surface area contributed by atoms with Crippen molar-refractivity contribution in [3.63, 3.8) is 0 Å². The van der Waals surface area contributed by atoms with Crippen molar-refractivity contribution in [3.05, 3.63) is 59.0 Å². The predicted octanol–water partition coefficient (Wildman–Crippen LogP) is 3.65. The zero-order valence-electron chi connectivity index (χ0n) is 12.3. The largest absolute Gasteiger partial charge is 0.478 e. The number of aromatic nitrogens is 1. The highest BCUT2D eigenvalue weighted by atomic mass is 19.4. The van der Waals surface area contributed by atoms with Gasteiger partial charge in [0.1, 0.15) is 5.82 Å². The van der Waals surface area contributed by atoms with Crippen LogP contribution in [-0.2, 0) is 12.8 Å². The number of hydrogen-bond acceptors (Lipinski definition) is 3. The molecule has 128 valence electrons. The van der Waals surface area contributed by atoms with Crippen molar-refractivity contribution in [1.82, 2.24) is 4.98 Å². The molecular formula is C16H13F4NO3. The van der Waals surface area contributed by atoms with Crippen molar-refractivity contribution < 1.29 is 32.2 Å². The lowest BCUT2D eigenvalue weighted by Crippen LogP contribution is -2.20. The van der Waals surface area contributed by atoms with E-state index in [9.17, 15) is 22.4 Å². The highest BCUT2D eigenvalue weighted by Crippen LogP contribution is 2.20. The van der Waals surface area contributed by atoms with Gasteiger partial charge in [0.2, 0.25) is 5.88 Å².